The van der Waals surface area contributed by atoms with Crippen LogP contribution in [-0.4, -0.2) is 22.3 Å². The third kappa shape index (κ3) is 2.25. The summed E-state index contributed by atoms with van der Waals surface area (Å²) in [5, 5.41) is 10.6. The zero-order chi connectivity index (χ0) is 11.8. The van der Waals surface area contributed by atoms with Gasteiger partial charge in [0.25, 0.3) is 0 Å². The highest BCUT2D eigenvalue weighted by atomic mass is 16.5. The van der Waals surface area contributed by atoms with Crippen LogP contribution in [0.4, 0.5) is 0 Å². The Morgan fingerprint density at radius 2 is 2.12 bits per heavy atom. The van der Waals surface area contributed by atoms with Gasteiger partial charge in [0.1, 0.15) is 0 Å². The molecule has 1 aliphatic heterocycles. The standard InChI is InChI=1S/C13H19NO2/c1-10-4-5-11(8-14-10)13(15)6-7-16-12(2,3)9-13/h4-5,8,15H,6-7,9H2,1-3H3. The molecule has 2 rings (SSSR count). The van der Waals surface area contributed by atoms with Gasteiger partial charge in [0, 0.05) is 30.3 Å². The molecule has 16 heavy (non-hydrogen) atoms. The van der Waals surface area contributed by atoms with E-state index in [4.69, 9.17) is 4.74 Å². The number of aryl methyl sites for hydroxylation is 1. The lowest BCUT2D eigenvalue weighted by Crippen LogP contribution is -2.43. The lowest BCUT2D eigenvalue weighted by Gasteiger charge is -2.41. The Labute approximate surface area is 96.5 Å². The summed E-state index contributed by atoms with van der Waals surface area (Å²) < 4.78 is 5.63. The fourth-order valence-corrected chi connectivity index (χ4v) is 2.33. The van der Waals surface area contributed by atoms with Crippen LogP contribution < -0.4 is 0 Å². The first-order chi connectivity index (χ1) is 7.41. The third-order valence-electron chi connectivity index (χ3n) is 3.18. The average molecular weight is 221 g/mol. The van der Waals surface area contributed by atoms with E-state index in [1.807, 2.05) is 32.9 Å². The first-order valence-corrected chi connectivity index (χ1v) is 5.71. The average Bonchev–Trinajstić information content (AvgIpc) is 2.16. The van der Waals surface area contributed by atoms with E-state index in [9.17, 15) is 5.11 Å². The van der Waals surface area contributed by atoms with Crippen molar-refractivity contribution in [3.05, 3.63) is 29.6 Å². The molecule has 0 aromatic carbocycles. The topological polar surface area (TPSA) is 42.4 Å². The molecule has 0 spiro atoms. The molecule has 0 aliphatic carbocycles. The highest BCUT2D eigenvalue weighted by Crippen LogP contribution is 2.38. The molecule has 2 heterocycles. The molecule has 3 nitrogen and oxygen atoms in total. The van der Waals surface area contributed by atoms with E-state index in [1.165, 1.54) is 0 Å². The highest BCUT2D eigenvalue weighted by molar-refractivity contribution is 5.22. The van der Waals surface area contributed by atoms with Crippen LogP contribution in [0, 0.1) is 6.92 Å². The maximum Gasteiger partial charge on any atom is 0.0960 e. The van der Waals surface area contributed by atoms with Gasteiger partial charge >= 0.3 is 0 Å². The lowest BCUT2D eigenvalue weighted by atomic mass is 9.80. The van der Waals surface area contributed by atoms with Crippen LogP contribution in [0.5, 0.6) is 0 Å². The number of rotatable bonds is 1. The SMILES string of the molecule is Cc1ccc(C2(O)CCOC(C)(C)C2)cn1. The van der Waals surface area contributed by atoms with Gasteiger partial charge in [0.05, 0.1) is 17.8 Å². The minimum Gasteiger partial charge on any atom is -0.385 e. The molecule has 3 heteroatoms. The van der Waals surface area contributed by atoms with E-state index in [-0.39, 0.29) is 5.60 Å². The summed E-state index contributed by atoms with van der Waals surface area (Å²) in [6.45, 7) is 6.57. The molecule has 1 aliphatic rings. The van der Waals surface area contributed by atoms with Crippen LogP contribution in [0.15, 0.2) is 18.3 Å². The molecule has 0 radical (unpaired) electrons. The maximum atomic E-state index is 10.6. The molecule has 0 amide bonds. The molecule has 0 bridgehead atoms. The second-order valence-corrected chi connectivity index (χ2v) is 5.25. The minimum atomic E-state index is -0.789. The highest BCUT2D eigenvalue weighted by Gasteiger charge is 2.40. The molecule has 1 aromatic rings. The van der Waals surface area contributed by atoms with Crippen molar-refractivity contribution in [2.75, 3.05) is 6.61 Å². The molecule has 1 fully saturated rings. The predicted molar refractivity (Wildman–Crippen MR) is 62.1 cm³/mol. The molecule has 1 aromatic heterocycles. The number of nitrogens with zero attached hydrogens (tertiary/aromatic N) is 1. The Balaban J connectivity index is 2.27. The van der Waals surface area contributed by atoms with Crippen molar-refractivity contribution in [2.24, 2.45) is 0 Å². The van der Waals surface area contributed by atoms with Crippen LogP contribution in [0.1, 0.15) is 37.9 Å². The van der Waals surface area contributed by atoms with Gasteiger partial charge in [0.2, 0.25) is 0 Å². The van der Waals surface area contributed by atoms with Crippen molar-refractivity contribution in [1.29, 1.82) is 0 Å². The van der Waals surface area contributed by atoms with Crippen LogP contribution >= 0.6 is 0 Å². The Hall–Kier alpha value is -0.930. The quantitative estimate of drug-likeness (QED) is 0.790. The smallest absolute Gasteiger partial charge is 0.0960 e. The summed E-state index contributed by atoms with van der Waals surface area (Å²) in [5.74, 6) is 0. The molecule has 88 valence electrons. The lowest BCUT2D eigenvalue weighted by molar-refractivity contribution is -0.148. The Morgan fingerprint density at radius 1 is 1.38 bits per heavy atom. The van der Waals surface area contributed by atoms with E-state index in [0.717, 1.165) is 11.3 Å². The van der Waals surface area contributed by atoms with Gasteiger partial charge in [-0.2, -0.15) is 0 Å². The van der Waals surface area contributed by atoms with E-state index >= 15 is 0 Å². The Kier molecular flexibility index (Phi) is 2.76. The number of hydrogen-bond acceptors (Lipinski definition) is 3. The van der Waals surface area contributed by atoms with Crippen LogP contribution in [-0.2, 0) is 10.3 Å². The molecule has 0 saturated carbocycles. The fourth-order valence-electron chi connectivity index (χ4n) is 2.33. The number of hydrogen-bond donors (Lipinski definition) is 1. The molecule has 1 saturated heterocycles. The molecular formula is C13H19NO2. The van der Waals surface area contributed by atoms with Gasteiger partial charge in [-0.05, 0) is 26.8 Å². The largest absolute Gasteiger partial charge is 0.385 e. The monoisotopic (exact) mass is 221 g/mol. The zero-order valence-electron chi connectivity index (χ0n) is 10.2. The van der Waals surface area contributed by atoms with Crippen LogP contribution in [0.2, 0.25) is 0 Å². The molecule has 1 atom stereocenters. The Morgan fingerprint density at radius 3 is 2.69 bits per heavy atom. The first kappa shape index (κ1) is 11.6. The van der Waals surface area contributed by atoms with E-state index in [1.54, 1.807) is 6.20 Å². The Bertz CT molecular complexity index is 372. The number of aromatic nitrogens is 1. The summed E-state index contributed by atoms with van der Waals surface area (Å²) >= 11 is 0. The van der Waals surface area contributed by atoms with Gasteiger partial charge in [-0.3, -0.25) is 4.98 Å². The van der Waals surface area contributed by atoms with Crippen molar-refractivity contribution in [3.8, 4) is 0 Å². The van der Waals surface area contributed by atoms with Gasteiger partial charge in [-0.25, -0.2) is 0 Å². The minimum absolute atomic E-state index is 0.266. The summed E-state index contributed by atoms with van der Waals surface area (Å²) in [6.07, 6.45) is 3.03. The molecule has 1 unspecified atom stereocenters. The second kappa shape index (κ2) is 3.82. The summed E-state index contributed by atoms with van der Waals surface area (Å²) in [4.78, 5) is 4.25. The second-order valence-electron chi connectivity index (χ2n) is 5.25. The molecule has 1 N–H and O–H groups in total. The van der Waals surface area contributed by atoms with Crippen molar-refractivity contribution in [3.63, 3.8) is 0 Å². The summed E-state index contributed by atoms with van der Waals surface area (Å²) in [7, 11) is 0. The third-order valence-corrected chi connectivity index (χ3v) is 3.18. The maximum absolute atomic E-state index is 10.6. The van der Waals surface area contributed by atoms with Gasteiger partial charge in [-0.15, -0.1) is 0 Å². The molecular weight excluding hydrogens is 202 g/mol. The van der Waals surface area contributed by atoms with Crippen LogP contribution in [0.3, 0.4) is 0 Å². The van der Waals surface area contributed by atoms with Gasteiger partial charge in [0.15, 0.2) is 0 Å². The van der Waals surface area contributed by atoms with Crippen molar-refractivity contribution < 1.29 is 9.84 Å². The van der Waals surface area contributed by atoms with E-state index in [2.05, 4.69) is 4.98 Å². The first-order valence-electron chi connectivity index (χ1n) is 5.71. The summed E-state index contributed by atoms with van der Waals surface area (Å²) in [6, 6.07) is 3.90. The van der Waals surface area contributed by atoms with Crippen LogP contribution in [0.25, 0.3) is 0 Å². The number of ether oxygens (including phenoxy) is 1. The number of pyridine rings is 1. The predicted octanol–water partition coefficient (Wildman–Crippen LogP) is 2.17. The number of aliphatic hydroxyl groups is 1. The van der Waals surface area contributed by atoms with Gasteiger partial charge in [-0.1, -0.05) is 6.07 Å². The summed E-state index contributed by atoms with van der Waals surface area (Å²) in [5.41, 5.74) is 0.813. The van der Waals surface area contributed by atoms with Crippen molar-refractivity contribution in [1.82, 2.24) is 4.98 Å². The zero-order valence-corrected chi connectivity index (χ0v) is 10.2. The van der Waals surface area contributed by atoms with E-state index < -0.39 is 5.60 Å². The van der Waals surface area contributed by atoms with Crippen molar-refractivity contribution in [2.45, 2.75) is 44.8 Å². The normalized spacial score (nSPS) is 29.0. The van der Waals surface area contributed by atoms with E-state index in [0.29, 0.717) is 19.4 Å². The van der Waals surface area contributed by atoms with Gasteiger partial charge < -0.3 is 9.84 Å². The fraction of sp³-hybridized carbons (Fsp3) is 0.615. The van der Waals surface area contributed by atoms with Crippen molar-refractivity contribution >= 4 is 0 Å².